The number of hydrogen-bond acceptors (Lipinski definition) is 4. The third kappa shape index (κ3) is 3.86. The minimum atomic E-state index is -1.11. The van der Waals surface area contributed by atoms with Crippen LogP contribution in [0.2, 0.25) is 0 Å². The van der Waals surface area contributed by atoms with Crippen molar-refractivity contribution in [2.24, 2.45) is 0 Å². The predicted molar refractivity (Wildman–Crippen MR) is 73.3 cm³/mol. The van der Waals surface area contributed by atoms with Crippen LogP contribution in [-0.4, -0.2) is 33.6 Å². The van der Waals surface area contributed by atoms with Crippen molar-refractivity contribution in [3.63, 3.8) is 0 Å². The molecule has 0 amide bonds. The van der Waals surface area contributed by atoms with Crippen molar-refractivity contribution in [3.05, 3.63) is 29.8 Å². The highest BCUT2D eigenvalue weighted by molar-refractivity contribution is 7.85. The highest BCUT2D eigenvalue weighted by Gasteiger charge is 2.33. The van der Waals surface area contributed by atoms with E-state index in [1.807, 2.05) is 13.8 Å². The van der Waals surface area contributed by atoms with Gasteiger partial charge in [0.05, 0.1) is 35.4 Å². The molecule has 0 saturated carbocycles. The monoisotopic (exact) mass is 284 g/mol. The Morgan fingerprint density at radius 2 is 2.05 bits per heavy atom. The molecule has 4 nitrogen and oxygen atoms in total. The highest BCUT2D eigenvalue weighted by Crippen LogP contribution is 2.24. The zero-order chi connectivity index (χ0) is 14.0. The van der Waals surface area contributed by atoms with Gasteiger partial charge in [-0.15, -0.1) is 0 Å². The van der Waals surface area contributed by atoms with Gasteiger partial charge in [0, 0.05) is 4.90 Å². The van der Waals surface area contributed by atoms with Gasteiger partial charge in [0.25, 0.3) is 0 Å². The van der Waals surface area contributed by atoms with Gasteiger partial charge in [-0.05, 0) is 38.5 Å². The maximum absolute atomic E-state index is 12.2. The normalized spacial score (nSPS) is 25.2. The maximum Gasteiger partial charge on any atom is 0.163 e. The molecule has 1 fully saturated rings. The van der Waals surface area contributed by atoms with Crippen LogP contribution in [0.3, 0.4) is 0 Å². The molecule has 106 valence electrons. The molecule has 0 radical (unpaired) electrons. The Morgan fingerprint density at radius 3 is 2.53 bits per heavy atom. The molecule has 2 rings (SSSR count). The molecule has 2 unspecified atom stereocenters. The van der Waals surface area contributed by atoms with Crippen LogP contribution in [0.5, 0.6) is 0 Å². The van der Waals surface area contributed by atoms with Crippen molar-refractivity contribution in [3.8, 4) is 0 Å². The van der Waals surface area contributed by atoms with Crippen molar-refractivity contribution in [2.75, 3.05) is 12.4 Å². The summed E-state index contributed by atoms with van der Waals surface area (Å²) in [5.74, 6) is -0.150. The van der Waals surface area contributed by atoms with E-state index in [2.05, 4.69) is 0 Å². The van der Waals surface area contributed by atoms with E-state index in [4.69, 9.17) is 9.47 Å². The molecule has 1 aliphatic rings. The fraction of sp³-hybridized carbons (Fsp3) is 0.571. The van der Waals surface area contributed by atoms with E-state index in [0.29, 0.717) is 12.4 Å². The van der Waals surface area contributed by atoms with Crippen LogP contribution in [0.1, 0.15) is 32.4 Å². The third-order valence-corrected chi connectivity index (χ3v) is 4.50. The summed E-state index contributed by atoms with van der Waals surface area (Å²) < 4.78 is 23.3. The number of hydrogen-bond donors (Lipinski definition) is 1. The number of rotatable bonds is 4. The van der Waals surface area contributed by atoms with E-state index in [0.717, 1.165) is 10.5 Å². The Morgan fingerprint density at radius 1 is 1.42 bits per heavy atom. The predicted octanol–water partition coefficient (Wildman–Crippen LogP) is 2.00. The molecule has 3 atom stereocenters. The van der Waals surface area contributed by atoms with Gasteiger partial charge < -0.3 is 14.6 Å². The lowest BCUT2D eigenvalue weighted by Gasteiger charge is -2.16. The van der Waals surface area contributed by atoms with Crippen molar-refractivity contribution in [1.29, 1.82) is 0 Å². The smallest absolute Gasteiger partial charge is 0.163 e. The second-order valence-electron chi connectivity index (χ2n) is 5.21. The summed E-state index contributed by atoms with van der Waals surface area (Å²) in [6.07, 6.45) is -0.637. The van der Waals surface area contributed by atoms with Crippen LogP contribution >= 0.6 is 0 Å². The number of ether oxygens (including phenoxy) is 2. The Hall–Kier alpha value is -0.750. The lowest BCUT2D eigenvalue weighted by molar-refractivity contribution is -0.135. The van der Waals surface area contributed by atoms with Gasteiger partial charge in [0.15, 0.2) is 5.79 Å². The Bertz CT molecular complexity index is 453. The average molecular weight is 284 g/mol. The fourth-order valence-electron chi connectivity index (χ4n) is 2.01. The van der Waals surface area contributed by atoms with E-state index < -0.39 is 22.7 Å². The standard InChI is InChI=1S/C14H20O4S/c1-10(15)11-4-6-13(7-5-11)19(16)9-12-8-17-14(2,3)18-12/h4-7,10,12,15H,8-9H2,1-3H3/t10?,12?,19-/m0/s1. The fourth-order valence-corrected chi connectivity index (χ4v) is 3.14. The molecule has 0 spiro atoms. The first-order valence-electron chi connectivity index (χ1n) is 6.35. The zero-order valence-corrected chi connectivity index (χ0v) is 12.3. The first kappa shape index (κ1) is 14.7. The van der Waals surface area contributed by atoms with Crippen LogP contribution in [-0.2, 0) is 20.3 Å². The summed E-state index contributed by atoms with van der Waals surface area (Å²) in [7, 11) is -1.11. The molecule has 0 bridgehead atoms. The Balaban J connectivity index is 1.97. The maximum atomic E-state index is 12.2. The minimum absolute atomic E-state index is 0.132. The van der Waals surface area contributed by atoms with E-state index in [-0.39, 0.29) is 6.10 Å². The molecular weight excluding hydrogens is 264 g/mol. The molecular formula is C14H20O4S. The topological polar surface area (TPSA) is 55.8 Å². The summed E-state index contributed by atoms with van der Waals surface area (Å²) in [5.41, 5.74) is 0.822. The van der Waals surface area contributed by atoms with Crippen LogP contribution in [0.15, 0.2) is 29.2 Å². The van der Waals surface area contributed by atoms with E-state index >= 15 is 0 Å². The van der Waals surface area contributed by atoms with Crippen LogP contribution < -0.4 is 0 Å². The van der Waals surface area contributed by atoms with E-state index in [1.165, 1.54) is 0 Å². The Kier molecular flexibility index (Phi) is 4.40. The second kappa shape index (κ2) is 5.71. The molecule has 0 aliphatic carbocycles. The molecule has 1 N–H and O–H groups in total. The van der Waals surface area contributed by atoms with Crippen LogP contribution in [0.4, 0.5) is 0 Å². The molecule has 5 heteroatoms. The largest absolute Gasteiger partial charge is 0.389 e. The summed E-state index contributed by atoms with van der Waals surface area (Å²) in [5, 5.41) is 9.43. The SMILES string of the molecule is CC(O)c1ccc([S@@](=O)CC2COC(C)(C)O2)cc1. The average Bonchev–Trinajstić information content (AvgIpc) is 2.68. The first-order valence-corrected chi connectivity index (χ1v) is 7.67. The van der Waals surface area contributed by atoms with Crippen molar-refractivity contribution >= 4 is 10.8 Å². The lowest BCUT2D eigenvalue weighted by atomic mass is 10.1. The number of aliphatic hydroxyl groups excluding tert-OH is 1. The zero-order valence-electron chi connectivity index (χ0n) is 11.5. The van der Waals surface area contributed by atoms with Crippen LogP contribution in [0, 0.1) is 0 Å². The molecule has 1 aromatic carbocycles. The minimum Gasteiger partial charge on any atom is -0.389 e. The van der Waals surface area contributed by atoms with Gasteiger partial charge >= 0.3 is 0 Å². The molecule has 1 heterocycles. The van der Waals surface area contributed by atoms with Gasteiger partial charge in [0.1, 0.15) is 0 Å². The number of benzene rings is 1. The molecule has 1 aromatic rings. The summed E-state index contributed by atoms with van der Waals surface area (Å²) in [6, 6.07) is 7.18. The van der Waals surface area contributed by atoms with Gasteiger partial charge in [-0.2, -0.15) is 0 Å². The Labute approximate surface area is 116 Å². The molecule has 0 aromatic heterocycles. The van der Waals surface area contributed by atoms with Gasteiger partial charge in [0.2, 0.25) is 0 Å². The molecule has 19 heavy (non-hydrogen) atoms. The second-order valence-corrected chi connectivity index (χ2v) is 6.70. The van der Waals surface area contributed by atoms with Crippen molar-refractivity contribution in [1.82, 2.24) is 0 Å². The summed E-state index contributed by atoms with van der Waals surface area (Å²) >= 11 is 0. The molecule has 1 saturated heterocycles. The quantitative estimate of drug-likeness (QED) is 0.919. The van der Waals surface area contributed by atoms with Crippen molar-refractivity contribution in [2.45, 2.75) is 43.7 Å². The lowest BCUT2D eigenvalue weighted by Crippen LogP contribution is -2.24. The van der Waals surface area contributed by atoms with E-state index in [9.17, 15) is 9.32 Å². The molecule has 1 aliphatic heterocycles. The summed E-state index contributed by atoms with van der Waals surface area (Å²) in [4.78, 5) is 0.748. The third-order valence-electron chi connectivity index (χ3n) is 3.03. The van der Waals surface area contributed by atoms with Crippen molar-refractivity contribution < 1.29 is 18.8 Å². The summed E-state index contributed by atoms with van der Waals surface area (Å²) in [6.45, 7) is 5.89. The highest BCUT2D eigenvalue weighted by atomic mass is 32.2. The van der Waals surface area contributed by atoms with Gasteiger partial charge in [-0.25, -0.2) is 0 Å². The van der Waals surface area contributed by atoms with Gasteiger partial charge in [-0.1, -0.05) is 12.1 Å². The van der Waals surface area contributed by atoms with Crippen LogP contribution in [0.25, 0.3) is 0 Å². The van der Waals surface area contributed by atoms with E-state index in [1.54, 1.807) is 31.2 Å². The number of aliphatic hydroxyl groups is 1. The first-order chi connectivity index (χ1) is 8.87. The van der Waals surface area contributed by atoms with Gasteiger partial charge in [-0.3, -0.25) is 4.21 Å².